The lowest BCUT2D eigenvalue weighted by molar-refractivity contribution is 0.177. The van der Waals surface area contributed by atoms with Gasteiger partial charge in [-0.15, -0.1) is 0 Å². The van der Waals surface area contributed by atoms with Gasteiger partial charge in [-0.3, -0.25) is 0 Å². The van der Waals surface area contributed by atoms with Crippen molar-refractivity contribution in [3.8, 4) is 0 Å². The molecular formula is C22H47NO. The van der Waals surface area contributed by atoms with Crippen molar-refractivity contribution in [2.45, 2.75) is 142 Å². The first-order valence-corrected chi connectivity index (χ1v) is 11.1. The normalized spacial score (nSPS) is 14.0. The first-order valence-electron chi connectivity index (χ1n) is 11.1. The van der Waals surface area contributed by atoms with Crippen LogP contribution in [-0.4, -0.2) is 17.3 Å². The number of hydrogen-bond donors (Lipinski definition) is 2. The van der Waals surface area contributed by atoms with E-state index in [1.54, 1.807) is 0 Å². The van der Waals surface area contributed by atoms with E-state index in [-0.39, 0.29) is 6.10 Å². The lowest BCUT2D eigenvalue weighted by Crippen LogP contribution is -2.21. The third kappa shape index (κ3) is 20.0. The average Bonchev–Trinajstić information content (AvgIpc) is 2.56. The monoisotopic (exact) mass is 341 g/mol. The smallest absolute Gasteiger partial charge is 0.0512 e. The molecule has 2 unspecified atom stereocenters. The zero-order valence-corrected chi connectivity index (χ0v) is 16.9. The van der Waals surface area contributed by atoms with E-state index in [0.717, 1.165) is 19.3 Å². The molecule has 0 saturated heterocycles. The first kappa shape index (κ1) is 23.9. The van der Waals surface area contributed by atoms with Gasteiger partial charge < -0.3 is 10.8 Å². The van der Waals surface area contributed by atoms with Crippen molar-refractivity contribution >= 4 is 0 Å². The van der Waals surface area contributed by atoms with Crippen LogP contribution in [0.1, 0.15) is 129 Å². The van der Waals surface area contributed by atoms with E-state index in [2.05, 4.69) is 6.92 Å². The first-order chi connectivity index (χ1) is 11.7. The average molecular weight is 342 g/mol. The second kappa shape index (κ2) is 19.2. The van der Waals surface area contributed by atoms with Crippen molar-refractivity contribution < 1.29 is 5.11 Å². The van der Waals surface area contributed by atoms with Crippen LogP contribution in [0, 0.1) is 0 Å². The molecule has 0 spiro atoms. The van der Waals surface area contributed by atoms with Crippen molar-refractivity contribution in [3.05, 3.63) is 0 Å². The highest BCUT2D eigenvalue weighted by Gasteiger charge is 2.04. The molecule has 0 aliphatic heterocycles. The summed E-state index contributed by atoms with van der Waals surface area (Å²) in [5, 5.41) is 9.25. The molecule has 2 atom stereocenters. The molecule has 0 heterocycles. The summed E-state index contributed by atoms with van der Waals surface area (Å²) in [7, 11) is 0. The largest absolute Gasteiger partial charge is 0.393 e. The summed E-state index contributed by atoms with van der Waals surface area (Å²) in [5.41, 5.74) is 6.07. The molecule has 0 aliphatic carbocycles. The van der Waals surface area contributed by atoms with Gasteiger partial charge >= 0.3 is 0 Å². The van der Waals surface area contributed by atoms with Gasteiger partial charge in [-0.25, -0.2) is 0 Å². The summed E-state index contributed by atoms with van der Waals surface area (Å²) < 4.78 is 0. The van der Waals surface area contributed by atoms with Crippen LogP contribution in [0.15, 0.2) is 0 Å². The van der Waals surface area contributed by atoms with E-state index in [4.69, 9.17) is 5.73 Å². The van der Waals surface area contributed by atoms with Crippen molar-refractivity contribution in [3.63, 3.8) is 0 Å². The zero-order chi connectivity index (χ0) is 17.9. The van der Waals surface area contributed by atoms with Gasteiger partial charge in [0.25, 0.3) is 0 Å². The van der Waals surface area contributed by atoms with Gasteiger partial charge in [0, 0.05) is 6.04 Å². The molecule has 0 rings (SSSR count). The van der Waals surface area contributed by atoms with Gasteiger partial charge in [0.05, 0.1) is 6.10 Å². The Labute approximate surface area is 153 Å². The molecule has 0 fully saturated rings. The maximum Gasteiger partial charge on any atom is 0.0512 e. The maximum absolute atomic E-state index is 9.25. The minimum Gasteiger partial charge on any atom is -0.393 e. The fraction of sp³-hybridized carbons (Fsp3) is 1.00. The van der Waals surface area contributed by atoms with E-state index in [0.29, 0.717) is 6.04 Å². The van der Waals surface area contributed by atoms with Crippen molar-refractivity contribution in [2.75, 3.05) is 0 Å². The second-order valence-corrected chi connectivity index (χ2v) is 7.92. The van der Waals surface area contributed by atoms with Crippen LogP contribution < -0.4 is 5.73 Å². The predicted octanol–water partition coefficient (Wildman–Crippen LogP) is 6.74. The van der Waals surface area contributed by atoms with E-state index >= 15 is 0 Å². The molecule has 0 aromatic carbocycles. The molecule has 0 saturated carbocycles. The summed E-state index contributed by atoms with van der Waals surface area (Å²) in [6, 6.07) is 0.293. The van der Waals surface area contributed by atoms with E-state index in [1.807, 2.05) is 6.92 Å². The number of aliphatic hydroxyl groups is 1. The predicted molar refractivity (Wildman–Crippen MR) is 108 cm³/mol. The number of hydrogen-bond acceptors (Lipinski definition) is 2. The summed E-state index contributed by atoms with van der Waals surface area (Å²) in [6.45, 7) is 4.13. The highest BCUT2D eigenvalue weighted by atomic mass is 16.3. The molecule has 2 heteroatoms. The van der Waals surface area contributed by atoms with E-state index in [9.17, 15) is 5.11 Å². The van der Waals surface area contributed by atoms with Gasteiger partial charge in [0.15, 0.2) is 0 Å². The molecule has 0 aromatic rings. The lowest BCUT2D eigenvalue weighted by Gasteiger charge is -2.12. The molecule has 0 radical (unpaired) electrons. The Morgan fingerprint density at radius 2 is 0.958 bits per heavy atom. The summed E-state index contributed by atoms with van der Waals surface area (Å²) in [4.78, 5) is 0. The van der Waals surface area contributed by atoms with Crippen molar-refractivity contribution in [2.24, 2.45) is 5.73 Å². The van der Waals surface area contributed by atoms with Gasteiger partial charge in [0.1, 0.15) is 0 Å². The van der Waals surface area contributed by atoms with Gasteiger partial charge in [0.2, 0.25) is 0 Å². The van der Waals surface area contributed by atoms with Crippen LogP contribution >= 0.6 is 0 Å². The minimum absolute atomic E-state index is 0.197. The Morgan fingerprint density at radius 3 is 1.33 bits per heavy atom. The SMILES string of the molecule is CCCCCCCCCCCCCCCCCC(N)CCC(C)O. The Hall–Kier alpha value is -0.0800. The van der Waals surface area contributed by atoms with E-state index in [1.165, 1.54) is 96.3 Å². The molecule has 0 aliphatic rings. The number of aliphatic hydroxyl groups excluding tert-OH is 1. The minimum atomic E-state index is -0.197. The summed E-state index contributed by atoms with van der Waals surface area (Å²) in [5.74, 6) is 0. The third-order valence-electron chi connectivity index (χ3n) is 5.13. The van der Waals surface area contributed by atoms with Crippen LogP contribution in [0.3, 0.4) is 0 Å². The van der Waals surface area contributed by atoms with Gasteiger partial charge in [-0.1, -0.05) is 103 Å². The Bertz CT molecular complexity index is 230. The zero-order valence-electron chi connectivity index (χ0n) is 16.9. The molecule has 0 bridgehead atoms. The van der Waals surface area contributed by atoms with Crippen molar-refractivity contribution in [1.29, 1.82) is 0 Å². The summed E-state index contributed by atoms with van der Waals surface area (Å²) in [6.07, 6.45) is 23.9. The maximum atomic E-state index is 9.25. The highest BCUT2D eigenvalue weighted by Crippen LogP contribution is 2.14. The number of rotatable bonds is 19. The van der Waals surface area contributed by atoms with Crippen LogP contribution in [-0.2, 0) is 0 Å². The molecular weight excluding hydrogens is 294 g/mol. The topological polar surface area (TPSA) is 46.2 Å². The second-order valence-electron chi connectivity index (χ2n) is 7.92. The molecule has 146 valence electrons. The lowest BCUT2D eigenvalue weighted by atomic mass is 10.0. The van der Waals surface area contributed by atoms with Gasteiger partial charge in [-0.2, -0.15) is 0 Å². The Morgan fingerprint density at radius 1 is 0.583 bits per heavy atom. The van der Waals surface area contributed by atoms with Gasteiger partial charge in [-0.05, 0) is 26.2 Å². The third-order valence-corrected chi connectivity index (χ3v) is 5.13. The molecule has 24 heavy (non-hydrogen) atoms. The Balaban J connectivity index is 3.07. The number of unbranched alkanes of at least 4 members (excludes halogenated alkanes) is 14. The standard InChI is InChI=1S/C22H47NO/c1-3-4-5-6-7-8-9-10-11-12-13-14-15-16-17-18-22(23)20-19-21(2)24/h21-22,24H,3-20,23H2,1-2H3. The van der Waals surface area contributed by atoms with Crippen LogP contribution in [0.25, 0.3) is 0 Å². The van der Waals surface area contributed by atoms with Crippen LogP contribution in [0.5, 0.6) is 0 Å². The number of nitrogens with two attached hydrogens (primary N) is 1. The fourth-order valence-corrected chi connectivity index (χ4v) is 3.38. The highest BCUT2D eigenvalue weighted by molar-refractivity contribution is 4.63. The van der Waals surface area contributed by atoms with Crippen molar-refractivity contribution in [1.82, 2.24) is 0 Å². The van der Waals surface area contributed by atoms with Crippen LogP contribution in [0.2, 0.25) is 0 Å². The fourth-order valence-electron chi connectivity index (χ4n) is 3.38. The van der Waals surface area contributed by atoms with E-state index < -0.39 is 0 Å². The Kier molecular flexibility index (Phi) is 19.2. The molecule has 0 aromatic heterocycles. The molecule has 3 N–H and O–H groups in total. The quantitative estimate of drug-likeness (QED) is 0.256. The summed E-state index contributed by atoms with van der Waals surface area (Å²) >= 11 is 0. The molecule has 0 amide bonds. The molecule has 2 nitrogen and oxygen atoms in total. The van der Waals surface area contributed by atoms with Crippen LogP contribution in [0.4, 0.5) is 0 Å².